The van der Waals surface area contributed by atoms with Gasteiger partial charge in [-0.15, -0.1) is 15.3 Å². The molecule has 18 nitrogen and oxygen atoms in total. The van der Waals surface area contributed by atoms with Crippen molar-refractivity contribution in [3.8, 4) is 17.2 Å². The van der Waals surface area contributed by atoms with Crippen LogP contribution in [0.2, 0.25) is 0 Å². The Hall–Kier alpha value is -5.71. The molecular weight excluding hydrogens is 721 g/mol. The predicted octanol–water partition coefficient (Wildman–Crippen LogP) is 6.16. The molecule has 260 valence electrons. The van der Waals surface area contributed by atoms with Crippen LogP contribution in [-0.2, 0) is 30.4 Å². The highest BCUT2D eigenvalue weighted by Gasteiger charge is 2.23. The smallest absolute Gasteiger partial charge is 0.296 e. The fourth-order valence-electron chi connectivity index (χ4n) is 4.49. The first-order valence-electron chi connectivity index (χ1n) is 13.6. The van der Waals surface area contributed by atoms with Crippen LogP contribution in [-0.4, -0.2) is 56.2 Å². The van der Waals surface area contributed by atoms with Gasteiger partial charge in [0, 0.05) is 28.9 Å². The number of hydrogen-bond donors (Lipinski definition) is 7. The van der Waals surface area contributed by atoms with E-state index in [9.17, 15) is 44.6 Å². The first kappa shape index (κ1) is 35.6. The lowest BCUT2D eigenvalue weighted by Crippen LogP contribution is -2.04. The van der Waals surface area contributed by atoms with Crippen molar-refractivity contribution in [2.75, 3.05) is 18.2 Å². The largest absolute Gasteiger partial charge is 0.506 e. The second-order valence-electron chi connectivity index (χ2n) is 10.2. The Bertz CT molecular complexity index is 2560. The Morgan fingerprint density at radius 1 is 0.660 bits per heavy atom. The molecule has 0 amide bonds. The second kappa shape index (κ2) is 13.3. The highest BCUT2D eigenvalue weighted by molar-refractivity contribution is 7.86. The molecule has 0 fully saturated rings. The van der Waals surface area contributed by atoms with Gasteiger partial charge in [-0.1, -0.05) is 0 Å². The van der Waals surface area contributed by atoms with Gasteiger partial charge in [-0.25, -0.2) is 0 Å². The van der Waals surface area contributed by atoms with Crippen LogP contribution in [0, 0.1) is 0 Å². The van der Waals surface area contributed by atoms with Crippen LogP contribution in [0.25, 0.3) is 10.8 Å². The number of anilines is 3. The number of hydrogen-bond acceptors (Lipinski definition) is 15. The molecule has 0 aliphatic heterocycles. The molecule has 0 unspecified atom stereocenters. The van der Waals surface area contributed by atoms with Gasteiger partial charge < -0.3 is 26.0 Å². The average molecular weight is 745 g/mol. The molecule has 5 aromatic carbocycles. The van der Waals surface area contributed by atoms with E-state index in [1.54, 1.807) is 0 Å². The second-order valence-corrected chi connectivity index (χ2v) is 14.4. The molecule has 0 aliphatic carbocycles. The molecule has 0 saturated heterocycles. The van der Waals surface area contributed by atoms with Crippen LogP contribution in [0.4, 0.5) is 39.8 Å². The van der Waals surface area contributed by atoms with Crippen molar-refractivity contribution in [2.24, 2.45) is 20.5 Å². The topological polar surface area (TPSA) is 300 Å². The monoisotopic (exact) mass is 744 g/mol. The lowest BCUT2D eigenvalue weighted by Gasteiger charge is -2.12. The number of methoxy groups -OCH3 is 1. The maximum absolute atomic E-state index is 12.4. The third-order valence-electron chi connectivity index (χ3n) is 6.85. The van der Waals surface area contributed by atoms with Crippen LogP contribution in [0.5, 0.6) is 17.2 Å². The van der Waals surface area contributed by atoms with E-state index < -0.39 is 57.3 Å². The van der Waals surface area contributed by atoms with E-state index in [1.165, 1.54) is 55.6 Å². The number of phenolic OH excluding ortho intramolecular Hbond substituents is 2. The Morgan fingerprint density at radius 2 is 1.28 bits per heavy atom. The van der Waals surface area contributed by atoms with Crippen LogP contribution < -0.4 is 15.8 Å². The summed E-state index contributed by atoms with van der Waals surface area (Å²) in [7, 11) is -12.8. The van der Waals surface area contributed by atoms with E-state index in [4.69, 9.17) is 15.0 Å². The maximum atomic E-state index is 12.4. The standard InChI is InChI=1S/C29H24N6O12S3/c1-47-25-14-22(24(36)13-23(25)34-32-16-2-6-19(7-3-16)48(38,39)40)33-35-28-27(50(44,45)46)11-15-10-17(4-8-20(15)29(28)37)31-18-5-9-21(30)26(12-18)49(41,42)43/h2-14,31,36-37H,30H2,1H3,(H,38,39,40)(H,41,42,43)(H,44,45,46). The van der Waals surface area contributed by atoms with Crippen molar-refractivity contribution in [1.29, 1.82) is 0 Å². The summed E-state index contributed by atoms with van der Waals surface area (Å²) in [4.78, 5) is -1.74. The summed E-state index contributed by atoms with van der Waals surface area (Å²) >= 11 is 0. The van der Waals surface area contributed by atoms with Gasteiger partial charge in [0.1, 0.15) is 38.4 Å². The number of rotatable bonds is 10. The number of aromatic hydroxyl groups is 2. The van der Waals surface area contributed by atoms with Gasteiger partial charge in [0.05, 0.1) is 23.4 Å². The Labute approximate surface area is 283 Å². The summed E-state index contributed by atoms with van der Waals surface area (Å²) in [6, 6.07) is 15.9. The summed E-state index contributed by atoms with van der Waals surface area (Å²) in [5.41, 5.74) is 5.14. The zero-order chi connectivity index (χ0) is 36.6. The number of nitrogen functional groups attached to an aromatic ring is 1. The molecule has 50 heavy (non-hydrogen) atoms. The first-order valence-corrected chi connectivity index (χ1v) is 17.9. The van der Waals surface area contributed by atoms with Gasteiger partial charge in [-0.05, 0) is 72.1 Å². The van der Waals surface area contributed by atoms with Crippen LogP contribution in [0.3, 0.4) is 0 Å². The molecule has 5 aromatic rings. The lowest BCUT2D eigenvalue weighted by molar-refractivity contribution is 0.413. The fourth-order valence-corrected chi connectivity index (χ4v) is 6.27. The summed E-state index contributed by atoms with van der Waals surface area (Å²) in [5.74, 6) is -1.23. The SMILES string of the molecule is COc1cc(N=Nc2c(S(=O)(=O)O)cc3cc(Nc4ccc(N)c(S(=O)(=O)O)c4)ccc3c2O)c(O)cc1N=Nc1ccc(S(=O)(=O)O)cc1. The van der Waals surface area contributed by atoms with Crippen LogP contribution in [0.15, 0.2) is 114 Å². The molecule has 0 bridgehead atoms. The number of fused-ring (bicyclic) bond motifs is 1. The van der Waals surface area contributed by atoms with Gasteiger partial charge in [0.15, 0.2) is 5.75 Å². The minimum atomic E-state index is -5.03. The Kier molecular flexibility index (Phi) is 9.47. The summed E-state index contributed by atoms with van der Waals surface area (Å²) < 4.78 is 104. The summed E-state index contributed by atoms with van der Waals surface area (Å²) in [5, 5.41) is 40.2. The highest BCUT2D eigenvalue weighted by atomic mass is 32.2. The number of nitrogens with one attached hydrogen (secondary N) is 1. The minimum absolute atomic E-state index is 0.00687. The number of azo groups is 2. The quantitative estimate of drug-likeness (QED) is 0.0479. The highest BCUT2D eigenvalue weighted by Crippen LogP contribution is 2.44. The molecular formula is C29H24N6O12S3. The zero-order valence-electron chi connectivity index (χ0n) is 25.2. The molecule has 0 saturated carbocycles. The number of ether oxygens (including phenoxy) is 1. The van der Waals surface area contributed by atoms with E-state index in [0.29, 0.717) is 0 Å². The number of phenols is 2. The van der Waals surface area contributed by atoms with E-state index in [1.807, 2.05) is 0 Å². The molecule has 0 heterocycles. The van der Waals surface area contributed by atoms with E-state index in [-0.39, 0.29) is 55.5 Å². The maximum Gasteiger partial charge on any atom is 0.296 e. The van der Waals surface area contributed by atoms with E-state index in [2.05, 4.69) is 25.8 Å². The van der Waals surface area contributed by atoms with Gasteiger partial charge in [0.25, 0.3) is 30.4 Å². The van der Waals surface area contributed by atoms with Crippen molar-refractivity contribution in [3.05, 3.63) is 78.9 Å². The van der Waals surface area contributed by atoms with Crippen LogP contribution >= 0.6 is 0 Å². The Morgan fingerprint density at radius 3 is 1.90 bits per heavy atom. The molecule has 0 aliphatic rings. The molecule has 0 aromatic heterocycles. The first-order chi connectivity index (χ1) is 23.3. The van der Waals surface area contributed by atoms with Gasteiger partial charge in [-0.3, -0.25) is 13.7 Å². The van der Waals surface area contributed by atoms with Crippen molar-refractivity contribution in [1.82, 2.24) is 0 Å². The lowest BCUT2D eigenvalue weighted by atomic mass is 10.1. The summed E-state index contributed by atoms with van der Waals surface area (Å²) in [6.45, 7) is 0. The van der Waals surface area contributed by atoms with Crippen molar-refractivity contribution >= 4 is 80.9 Å². The third-order valence-corrected chi connectivity index (χ3v) is 9.49. The Balaban J connectivity index is 1.49. The van der Waals surface area contributed by atoms with Crippen LogP contribution in [0.1, 0.15) is 0 Å². The zero-order valence-corrected chi connectivity index (χ0v) is 27.6. The number of benzene rings is 5. The predicted molar refractivity (Wildman–Crippen MR) is 179 cm³/mol. The van der Waals surface area contributed by atoms with Gasteiger partial charge in [-0.2, -0.15) is 30.4 Å². The summed E-state index contributed by atoms with van der Waals surface area (Å²) in [6.07, 6.45) is 0. The van der Waals surface area contributed by atoms with E-state index >= 15 is 0 Å². The average Bonchev–Trinajstić information content (AvgIpc) is 3.03. The van der Waals surface area contributed by atoms with Gasteiger partial charge >= 0.3 is 0 Å². The molecule has 0 radical (unpaired) electrons. The molecule has 5 rings (SSSR count). The minimum Gasteiger partial charge on any atom is -0.506 e. The molecule has 0 atom stereocenters. The number of nitrogens with zero attached hydrogens (tertiary/aromatic N) is 4. The fraction of sp³-hybridized carbons (Fsp3) is 0.0345. The van der Waals surface area contributed by atoms with Crippen molar-refractivity contribution in [3.63, 3.8) is 0 Å². The molecule has 0 spiro atoms. The van der Waals surface area contributed by atoms with Crippen molar-refractivity contribution < 1.29 is 53.9 Å². The van der Waals surface area contributed by atoms with Gasteiger partial charge in [0.2, 0.25) is 0 Å². The normalized spacial score (nSPS) is 12.6. The molecule has 21 heteroatoms. The molecule has 8 N–H and O–H groups in total. The van der Waals surface area contributed by atoms with Crippen molar-refractivity contribution in [2.45, 2.75) is 14.7 Å². The third kappa shape index (κ3) is 7.78. The van der Waals surface area contributed by atoms with E-state index in [0.717, 1.165) is 30.3 Å². The number of nitrogens with two attached hydrogens (primary N) is 1.